The molecule has 0 saturated heterocycles. The fraction of sp³-hybridized carbons (Fsp3) is 0.300. The second-order valence-corrected chi connectivity index (χ2v) is 6.90. The van der Waals surface area contributed by atoms with Crippen LogP contribution in [0, 0.1) is 20.8 Å². The van der Waals surface area contributed by atoms with Crippen LogP contribution in [0.1, 0.15) is 33.0 Å². The Morgan fingerprint density at radius 3 is 2.54 bits per heavy atom. The van der Waals surface area contributed by atoms with E-state index in [1.54, 1.807) is 23.1 Å². The van der Waals surface area contributed by atoms with Crippen LogP contribution in [0.15, 0.2) is 28.9 Å². The summed E-state index contributed by atoms with van der Waals surface area (Å²) in [5, 5.41) is 12.6. The van der Waals surface area contributed by atoms with E-state index in [2.05, 4.69) is 20.5 Å². The SMILES string of the molecule is Cc1nn(C)c(C)c1CNC(=O)c1cc(-c2ccco2)nc2c1c(C)nn2C. The Bertz CT molecular complexity index is 1180. The first-order valence-corrected chi connectivity index (χ1v) is 9.02. The van der Waals surface area contributed by atoms with E-state index in [-0.39, 0.29) is 5.91 Å². The van der Waals surface area contributed by atoms with E-state index < -0.39 is 0 Å². The highest BCUT2D eigenvalue weighted by Gasteiger charge is 2.20. The second kappa shape index (κ2) is 6.63. The first kappa shape index (κ1) is 18.0. The van der Waals surface area contributed by atoms with Gasteiger partial charge < -0.3 is 9.73 Å². The third-order valence-corrected chi connectivity index (χ3v) is 5.07. The standard InChI is InChI=1S/C20H22N6O2/c1-11-15(13(3)25(4)23-11)10-21-20(27)14-9-16(17-7-6-8-28-17)22-19-18(14)12(2)24-26(19)5/h6-9H,10H2,1-5H3,(H,21,27). The van der Waals surface area contributed by atoms with Gasteiger partial charge in [0.1, 0.15) is 5.69 Å². The molecule has 0 unspecified atom stereocenters. The molecule has 1 amide bonds. The molecule has 0 bridgehead atoms. The van der Waals surface area contributed by atoms with E-state index in [0.717, 1.165) is 28.0 Å². The molecule has 0 aliphatic rings. The Morgan fingerprint density at radius 2 is 1.89 bits per heavy atom. The van der Waals surface area contributed by atoms with Crippen LogP contribution < -0.4 is 5.32 Å². The molecule has 4 aromatic heterocycles. The summed E-state index contributed by atoms with van der Waals surface area (Å²) in [6.07, 6.45) is 1.59. The van der Waals surface area contributed by atoms with E-state index in [4.69, 9.17) is 4.42 Å². The van der Waals surface area contributed by atoms with E-state index in [1.807, 2.05) is 45.6 Å². The lowest BCUT2D eigenvalue weighted by Gasteiger charge is -2.09. The summed E-state index contributed by atoms with van der Waals surface area (Å²) in [5.41, 5.74) is 5.50. The number of pyridine rings is 1. The molecule has 4 aromatic rings. The molecule has 1 N–H and O–H groups in total. The molecule has 28 heavy (non-hydrogen) atoms. The van der Waals surface area contributed by atoms with Gasteiger partial charge in [0.25, 0.3) is 5.91 Å². The second-order valence-electron chi connectivity index (χ2n) is 6.90. The Kier molecular flexibility index (Phi) is 4.26. The number of hydrogen-bond acceptors (Lipinski definition) is 5. The Labute approximate surface area is 162 Å². The number of nitrogens with zero attached hydrogens (tertiary/aromatic N) is 5. The third kappa shape index (κ3) is 2.87. The number of fused-ring (bicyclic) bond motifs is 1. The predicted octanol–water partition coefficient (Wildman–Crippen LogP) is 2.82. The minimum Gasteiger partial charge on any atom is -0.463 e. The fourth-order valence-electron chi connectivity index (χ4n) is 3.51. The van der Waals surface area contributed by atoms with E-state index >= 15 is 0 Å². The highest BCUT2D eigenvalue weighted by Crippen LogP contribution is 2.27. The molecule has 0 aliphatic heterocycles. The van der Waals surface area contributed by atoms with Gasteiger partial charge in [-0.1, -0.05) is 0 Å². The molecule has 4 rings (SSSR count). The van der Waals surface area contributed by atoms with Crippen LogP contribution in [0.3, 0.4) is 0 Å². The maximum Gasteiger partial charge on any atom is 0.252 e. The van der Waals surface area contributed by atoms with Crippen molar-refractivity contribution in [2.45, 2.75) is 27.3 Å². The van der Waals surface area contributed by atoms with Crippen LogP contribution in [0.4, 0.5) is 0 Å². The van der Waals surface area contributed by atoms with Gasteiger partial charge in [-0.25, -0.2) is 4.98 Å². The number of aromatic nitrogens is 5. The fourth-order valence-corrected chi connectivity index (χ4v) is 3.51. The van der Waals surface area contributed by atoms with Gasteiger partial charge in [0.15, 0.2) is 11.4 Å². The lowest BCUT2D eigenvalue weighted by atomic mass is 10.1. The van der Waals surface area contributed by atoms with Gasteiger partial charge in [0, 0.05) is 31.9 Å². The van der Waals surface area contributed by atoms with E-state index in [1.165, 1.54) is 0 Å². The van der Waals surface area contributed by atoms with Crippen molar-refractivity contribution >= 4 is 16.9 Å². The number of carbonyl (C=O) groups excluding carboxylic acids is 1. The quantitative estimate of drug-likeness (QED) is 0.590. The number of aryl methyl sites for hydroxylation is 4. The maximum absolute atomic E-state index is 13.1. The summed E-state index contributed by atoms with van der Waals surface area (Å²) >= 11 is 0. The Balaban J connectivity index is 1.75. The number of amides is 1. The van der Waals surface area contributed by atoms with Gasteiger partial charge in [-0.15, -0.1) is 0 Å². The highest BCUT2D eigenvalue weighted by molar-refractivity contribution is 6.07. The van der Waals surface area contributed by atoms with Crippen LogP contribution in [-0.4, -0.2) is 30.5 Å². The average molecular weight is 378 g/mol. The van der Waals surface area contributed by atoms with Gasteiger partial charge in [-0.3, -0.25) is 14.2 Å². The highest BCUT2D eigenvalue weighted by atomic mass is 16.3. The number of furan rings is 1. The summed E-state index contributed by atoms with van der Waals surface area (Å²) in [6, 6.07) is 5.37. The minimum absolute atomic E-state index is 0.182. The minimum atomic E-state index is -0.182. The van der Waals surface area contributed by atoms with Crippen molar-refractivity contribution in [2.24, 2.45) is 14.1 Å². The van der Waals surface area contributed by atoms with Gasteiger partial charge in [-0.05, 0) is 39.0 Å². The van der Waals surface area contributed by atoms with Crippen molar-refractivity contribution in [3.05, 3.63) is 52.7 Å². The number of carbonyl (C=O) groups is 1. The molecule has 0 aromatic carbocycles. The zero-order valence-electron chi connectivity index (χ0n) is 16.6. The van der Waals surface area contributed by atoms with Crippen molar-refractivity contribution in [3.63, 3.8) is 0 Å². The van der Waals surface area contributed by atoms with E-state index in [9.17, 15) is 4.79 Å². The molecular formula is C20H22N6O2. The first-order valence-electron chi connectivity index (χ1n) is 9.02. The zero-order chi connectivity index (χ0) is 20.0. The first-order chi connectivity index (χ1) is 13.4. The van der Waals surface area contributed by atoms with Crippen LogP contribution in [0.25, 0.3) is 22.5 Å². The third-order valence-electron chi connectivity index (χ3n) is 5.07. The zero-order valence-corrected chi connectivity index (χ0v) is 16.6. The Hall–Kier alpha value is -3.42. The molecule has 8 heteroatoms. The van der Waals surface area contributed by atoms with E-state index in [0.29, 0.717) is 29.2 Å². The number of hydrogen-bond donors (Lipinski definition) is 1. The molecule has 144 valence electrons. The topological polar surface area (TPSA) is 90.8 Å². The normalized spacial score (nSPS) is 11.3. The summed E-state index contributed by atoms with van der Waals surface area (Å²) in [5.74, 6) is 0.424. The molecule has 0 saturated carbocycles. The lowest BCUT2D eigenvalue weighted by molar-refractivity contribution is 0.0952. The predicted molar refractivity (Wildman–Crippen MR) is 105 cm³/mol. The van der Waals surface area contributed by atoms with Crippen LogP contribution >= 0.6 is 0 Å². The number of rotatable bonds is 4. The molecule has 4 heterocycles. The molecule has 8 nitrogen and oxygen atoms in total. The molecule has 0 radical (unpaired) electrons. The van der Waals surface area contributed by atoms with Gasteiger partial charge in [-0.2, -0.15) is 10.2 Å². The molecule has 0 fully saturated rings. The van der Waals surface area contributed by atoms with Crippen LogP contribution in [-0.2, 0) is 20.6 Å². The Morgan fingerprint density at radius 1 is 1.14 bits per heavy atom. The van der Waals surface area contributed by atoms with Gasteiger partial charge >= 0.3 is 0 Å². The molecular weight excluding hydrogens is 356 g/mol. The maximum atomic E-state index is 13.1. The van der Waals surface area contributed by atoms with Crippen molar-refractivity contribution in [2.75, 3.05) is 0 Å². The monoisotopic (exact) mass is 378 g/mol. The van der Waals surface area contributed by atoms with Crippen LogP contribution in [0.2, 0.25) is 0 Å². The van der Waals surface area contributed by atoms with Crippen LogP contribution in [0.5, 0.6) is 0 Å². The molecule has 0 aliphatic carbocycles. The lowest BCUT2D eigenvalue weighted by Crippen LogP contribution is -2.24. The summed E-state index contributed by atoms with van der Waals surface area (Å²) in [4.78, 5) is 17.8. The van der Waals surface area contributed by atoms with Gasteiger partial charge in [0.2, 0.25) is 0 Å². The van der Waals surface area contributed by atoms with Crippen molar-refractivity contribution in [1.82, 2.24) is 29.9 Å². The largest absolute Gasteiger partial charge is 0.463 e. The summed E-state index contributed by atoms with van der Waals surface area (Å²) in [6.45, 7) is 6.22. The summed E-state index contributed by atoms with van der Waals surface area (Å²) < 4.78 is 8.98. The summed E-state index contributed by atoms with van der Waals surface area (Å²) in [7, 11) is 3.72. The van der Waals surface area contributed by atoms with Gasteiger partial charge in [0.05, 0.1) is 28.6 Å². The van der Waals surface area contributed by atoms with Crippen molar-refractivity contribution < 1.29 is 9.21 Å². The van der Waals surface area contributed by atoms with Crippen molar-refractivity contribution in [1.29, 1.82) is 0 Å². The molecule has 0 spiro atoms. The smallest absolute Gasteiger partial charge is 0.252 e. The number of nitrogens with one attached hydrogen (secondary N) is 1. The average Bonchev–Trinajstić information content (AvgIpc) is 3.35. The molecule has 0 atom stereocenters. The van der Waals surface area contributed by atoms with Crippen molar-refractivity contribution in [3.8, 4) is 11.5 Å².